The lowest BCUT2D eigenvalue weighted by Crippen LogP contribution is -2.39. The summed E-state index contributed by atoms with van der Waals surface area (Å²) in [4.78, 5) is 22.5. The van der Waals surface area contributed by atoms with Gasteiger partial charge in [-0.1, -0.05) is 48.5 Å². The first kappa shape index (κ1) is 14.8. The molecule has 0 spiro atoms. The van der Waals surface area contributed by atoms with E-state index in [4.69, 9.17) is 9.47 Å². The number of alkyl carbamates (subject to hydrolysis) is 1. The molecule has 1 saturated carbocycles. The maximum Gasteiger partial charge on any atom is 0.410 e. The van der Waals surface area contributed by atoms with Crippen molar-refractivity contribution in [2.24, 2.45) is 0 Å². The first-order valence-electron chi connectivity index (χ1n) is 7.97. The average molecular weight is 323 g/mol. The largest absolute Gasteiger partial charge is 0.448 e. The molecule has 1 fully saturated rings. The van der Waals surface area contributed by atoms with Gasteiger partial charge in [0.25, 0.3) is 6.47 Å². The van der Waals surface area contributed by atoms with E-state index in [1.807, 2.05) is 24.3 Å². The Morgan fingerprint density at radius 2 is 1.67 bits per heavy atom. The van der Waals surface area contributed by atoms with Crippen LogP contribution in [0.4, 0.5) is 4.79 Å². The zero-order valence-electron chi connectivity index (χ0n) is 13.0. The van der Waals surface area contributed by atoms with Gasteiger partial charge < -0.3 is 9.47 Å². The van der Waals surface area contributed by atoms with E-state index < -0.39 is 11.8 Å². The Bertz CT molecular complexity index is 752. The summed E-state index contributed by atoms with van der Waals surface area (Å²) in [6.45, 7) is 0.605. The number of carbonyl (C=O) groups is 2. The molecule has 0 radical (unpaired) electrons. The lowest BCUT2D eigenvalue weighted by molar-refractivity contribution is -0.136. The van der Waals surface area contributed by atoms with E-state index in [0.29, 0.717) is 19.3 Å². The molecule has 5 heteroatoms. The van der Waals surface area contributed by atoms with E-state index in [0.717, 1.165) is 11.1 Å². The summed E-state index contributed by atoms with van der Waals surface area (Å²) >= 11 is 0. The number of hydrogen-bond acceptors (Lipinski definition) is 4. The van der Waals surface area contributed by atoms with Crippen molar-refractivity contribution in [1.29, 1.82) is 0 Å². The van der Waals surface area contributed by atoms with Gasteiger partial charge in [-0.15, -0.1) is 0 Å². The maximum absolute atomic E-state index is 12.0. The van der Waals surface area contributed by atoms with Crippen molar-refractivity contribution in [3.05, 3.63) is 59.7 Å². The average Bonchev–Trinajstić information content (AvgIpc) is 3.27. The van der Waals surface area contributed by atoms with Gasteiger partial charge in [0.15, 0.2) is 5.72 Å². The van der Waals surface area contributed by atoms with Gasteiger partial charge >= 0.3 is 6.09 Å². The molecule has 5 nitrogen and oxygen atoms in total. The van der Waals surface area contributed by atoms with Gasteiger partial charge in [0.2, 0.25) is 0 Å². The molecule has 4 rings (SSSR count). The number of ether oxygens (including phenoxy) is 2. The summed E-state index contributed by atoms with van der Waals surface area (Å²) in [7, 11) is 0. The lowest BCUT2D eigenvalue weighted by Gasteiger charge is -2.18. The second kappa shape index (κ2) is 5.67. The molecule has 0 heterocycles. The number of nitrogens with one attached hydrogen (secondary N) is 1. The molecular formula is C19H17NO4. The fourth-order valence-corrected chi connectivity index (χ4v) is 3.30. The molecule has 0 bridgehead atoms. The molecule has 0 aromatic heterocycles. The number of hydrogen-bond donors (Lipinski definition) is 1. The Morgan fingerprint density at radius 1 is 1.08 bits per heavy atom. The van der Waals surface area contributed by atoms with Crippen molar-refractivity contribution in [3.63, 3.8) is 0 Å². The summed E-state index contributed by atoms with van der Waals surface area (Å²) < 4.78 is 10.3. The maximum atomic E-state index is 12.0. The third-order valence-corrected chi connectivity index (χ3v) is 4.65. The third-order valence-electron chi connectivity index (χ3n) is 4.65. The molecule has 2 aliphatic rings. The Labute approximate surface area is 139 Å². The normalized spacial score (nSPS) is 16.7. The van der Waals surface area contributed by atoms with Crippen LogP contribution >= 0.6 is 0 Å². The molecule has 2 aliphatic carbocycles. The van der Waals surface area contributed by atoms with Crippen LogP contribution in [0.3, 0.4) is 0 Å². The van der Waals surface area contributed by atoms with Crippen LogP contribution in [-0.4, -0.2) is 24.9 Å². The van der Waals surface area contributed by atoms with Gasteiger partial charge in [-0.2, -0.15) is 0 Å². The van der Waals surface area contributed by atoms with Gasteiger partial charge in [-0.25, -0.2) is 4.79 Å². The highest BCUT2D eigenvalue weighted by Gasteiger charge is 2.47. The molecule has 0 aliphatic heterocycles. The zero-order valence-corrected chi connectivity index (χ0v) is 13.0. The Morgan fingerprint density at radius 3 is 2.21 bits per heavy atom. The molecule has 1 amide bonds. The van der Waals surface area contributed by atoms with Crippen molar-refractivity contribution < 1.29 is 19.1 Å². The smallest absolute Gasteiger partial charge is 0.410 e. The van der Waals surface area contributed by atoms with E-state index in [2.05, 4.69) is 29.6 Å². The standard InChI is InChI=1S/C19H17NO4/c21-12-24-19(9-10-19)20-18(22)23-11-17-15-7-3-1-5-13(15)14-6-2-4-8-16(14)17/h1-8,12,17H,9-11H2,(H,20,22). The highest BCUT2D eigenvalue weighted by Crippen LogP contribution is 2.44. The number of fused-ring (bicyclic) bond motifs is 3. The second-order valence-corrected chi connectivity index (χ2v) is 6.16. The molecule has 2 aromatic rings. The van der Waals surface area contributed by atoms with E-state index in [1.54, 1.807) is 0 Å². The quantitative estimate of drug-likeness (QED) is 0.678. The topological polar surface area (TPSA) is 64.6 Å². The Balaban J connectivity index is 1.49. The van der Waals surface area contributed by atoms with Crippen LogP contribution in [0.15, 0.2) is 48.5 Å². The first-order chi connectivity index (χ1) is 11.7. The van der Waals surface area contributed by atoms with Crippen molar-refractivity contribution >= 4 is 12.6 Å². The van der Waals surface area contributed by atoms with Crippen molar-refractivity contribution in [2.75, 3.05) is 6.61 Å². The van der Waals surface area contributed by atoms with Crippen LogP contribution in [0.5, 0.6) is 0 Å². The number of amides is 1. The van der Waals surface area contributed by atoms with Crippen LogP contribution in [0.2, 0.25) is 0 Å². The molecule has 0 unspecified atom stereocenters. The summed E-state index contributed by atoms with van der Waals surface area (Å²) in [6.07, 6.45) is 0.683. The molecule has 24 heavy (non-hydrogen) atoms. The minimum atomic E-state index is -0.857. The summed E-state index contributed by atoms with van der Waals surface area (Å²) in [5, 5.41) is 2.63. The summed E-state index contributed by atoms with van der Waals surface area (Å²) in [6, 6.07) is 16.3. The molecule has 1 N–H and O–H groups in total. The fourth-order valence-electron chi connectivity index (χ4n) is 3.30. The molecule has 2 aromatic carbocycles. The monoisotopic (exact) mass is 323 g/mol. The second-order valence-electron chi connectivity index (χ2n) is 6.16. The molecular weight excluding hydrogens is 306 g/mol. The van der Waals surface area contributed by atoms with Crippen LogP contribution < -0.4 is 5.32 Å². The zero-order chi connectivity index (χ0) is 16.6. The van der Waals surface area contributed by atoms with Crippen LogP contribution in [0, 0.1) is 0 Å². The predicted molar refractivity (Wildman–Crippen MR) is 87.3 cm³/mol. The van der Waals surface area contributed by atoms with E-state index in [9.17, 15) is 9.59 Å². The SMILES string of the molecule is O=COC1(NC(=O)OCC2c3ccccc3-c3ccccc32)CC1. The predicted octanol–water partition coefficient (Wildman–Crippen LogP) is 3.19. The Kier molecular flexibility index (Phi) is 3.49. The lowest BCUT2D eigenvalue weighted by atomic mass is 9.98. The van der Waals surface area contributed by atoms with Crippen molar-refractivity contribution in [3.8, 4) is 11.1 Å². The van der Waals surface area contributed by atoms with Gasteiger partial charge in [0, 0.05) is 18.8 Å². The van der Waals surface area contributed by atoms with Crippen LogP contribution in [-0.2, 0) is 14.3 Å². The number of benzene rings is 2. The van der Waals surface area contributed by atoms with Gasteiger partial charge in [-0.05, 0) is 22.3 Å². The fraction of sp³-hybridized carbons (Fsp3) is 0.263. The third kappa shape index (κ3) is 2.52. The molecule has 122 valence electrons. The van der Waals surface area contributed by atoms with Crippen LogP contribution in [0.25, 0.3) is 11.1 Å². The van der Waals surface area contributed by atoms with E-state index >= 15 is 0 Å². The first-order valence-corrected chi connectivity index (χ1v) is 7.97. The van der Waals surface area contributed by atoms with E-state index in [-0.39, 0.29) is 12.5 Å². The Hall–Kier alpha value is -2.82. The summed E-state index contributed by atoms with van der Waals surface area (Å²) in [5.41, 5.74) is 3.84. The molecule has 0 atom stereocenters. The van der Waals surface area contributed by atoms with Crippen molar-refractivity contribution in [2.45, 2.75) is 24.5 Å². The minimum absolute atomic E-state index is 0.0188. The number of carbonyl (C=O) groups excluding carboxylic acids is 2. The summed E-state index contributed by atoms with van der Waals surface area (Å²) in [5.74, 6) is 0.0188. The van der Waals surface area contributed by atoms with E-state index in [1.165, 1.54) is 11.1 Å². The highest BCUT2D eigenvalue weighted by molar-refractivity contribution is 5.79. The highest BCUT2D eigenvalue weighted by atomic mass is 16.6. The van der Waals surface area contributed by atoms with Gasteiger partial charge in [0.05, 0.1) is 0 Å². The number of rotatable bonds is 5. The van der Waals surface area contributed by atoms with Gasteiger partial charge in [0.1, 0.15) is 6.61 Å². The minimum Gasteiger partial charge on any atom is -0.448 e. The molecule has 0 saturated heterocycles. The van der Waals surface area contributed by atoms with Gasteiger partial charge in [-0.3, -0.25) is 10.1 Å². The van der Waals surface area contributed by atoms with Crippen molar-refractivity contribution in [1.82, 2.24) is 5.32 Å². The van der Waals surface area contributed by atoms with Crippen LogP contribution in [0.1, 0.15) is 29.9 Å².